The fourth-order valence-electron chi connectivity index (χ4n) is 3.04. The molecule has 3 rings (SSSR count). The van der Waals surface area contributed by atoms with Crippen LogP contribution in [0.1, 0.15) is 51.6 Å². The van der Waals surface area contributed by atoms with Gasteiger partial charge in [0.2, 0.25) is 6.10 Å². The Morgan fingerprint density at radius 3 is 2.19 bits per heavy atom. The molecular weight excluding hydrogens is 330 g/mol. The molecule has 1 fully saturated rings. The lowest BCUT2D eigenvalue weighted by molar-refractivity contribution is -0.142. The molecule has 0 saturated carbocycles. The fourth-order valence-corrected chi connectivity index (χ4v) is 3.04. The number of nitrogens with zero attached hydrogens (tertiary/aromatic N) is 1. The summed E-state index contributed by atoms with van der Waals surface area (Å²) in [6.07, 6.45) is 2.79. The molecule has 0 aliphatic carbocycles. The van der Waals surface area contributed by atoms with Crippen LogP contribution in [0.2, 0.25) is 0 Å². The fraction of sp³-hybridized carbons (Fsp3) is 0.286. The van der Waals surface area contributed by atoms with Crippen molar-refractivity contribution in [2.24, 2.45) is 0 Å². The lowest BCUT2D eigenvalue weighted by Crippen LogP contribution is -2.40. The minimum Gasteiger partial charge on any atom is -0.444 e. The van der Waals surface area contributed by atoms with Crippen LogP contribution >= 0.6 is 0 Å². The number of rotatable bonds is 5. The van der Waals surface area contributed by atoms with Gasteiger partial charge in [-0.05, 0) is 31.4 Å². The summed E-state index contributed by atoms with van der Waals surface area (Å²) < 4.78 is 5.59. The highest BCUT2D eigenvalue weighted by Gasteiger charge is 2.30. The number of hydrogen-bond donors (Lipinski definition) is 0. The molecule has 5 heteroatoms. The van der Waals surface area contributed by atoms with E-state index >= 15 is 0 Å². The first-order valence-corrected chi connectivity index (χ1v) is 8.79. The van der Waals surface area contributed by atoms with Gasteiger partial charge in [-0.15, -0.1) is 0 Å². The summed E-state index contributed by atoms with van der Waals surface area (Å²) >= 11 is 0. The van der Waals surface area contributed by atoms with Crippen molar-refractivity contribution in [1.29, 1.82) is 0 Å². The Balaban J connectivity index is 1.81. The Morgan fingerprint density at radius 1 is 0.923 bits per heavy atom. The normalized spacial score (nSPS) is 15.2. The summed E-state index contributed by atoms with van der Waals surface area (Å²) in [6, 6.07) is 15.2. The number of carbonyl (C=O) groups excluding carboxylic acids is 3. The molecule has 0 radical (unpaired) electrons. The monoisotopic (exact) mass is 351 g/mol. The van der Waals surface area contributed by atoms with Crippen LogP contribution in [0, 0.1) is 0 Å². The third-order valence-corrected chi connectivity index (χ3v) is 4.50. The Hall–Kier alpha value is -2.95. The Bertz CT molecular complexity index is 764. The van der Waals surface area contributed by atoms with E-state index in [-0.39, 0.29) is 5.91 Å². The summed E-state index contributed by atoms with van der Waals surface area (Å²) in [6.45, 7) is 1.38. The maximum Gasteiger partial charge on any atom is 0.339 e. The number of hydrogen-bond acceptors (Lipinski definition) is 4. The van der Waals surface area contributed by atoms with Crippen molar-refractivity contribution in [3.8, 4) is 0 Å². The molecule has 0 aromatic heterocycles. The van der Waals surface area contributed by atoms with Crippen LogP contribution in [0.5, 0.6) is 0 Å². The molecule has 1 amide bonds. The van der Waals surface area contributed by atoms with Crippen molar-refractivity contribution < 1.29 is 19.1 Å². The number of esters is 1. The summed E-state index contributed by atoms with van der Waals surface area (Å²) in [5.74, 6) is -0.768. The van der Waals surface area contributed by atoms with Gasteiger partial charge in [0.1, 0.15) is 6.29 Å². The topological polar surface area (TPSA) is 63.7 Å². The van der Waals surface area contributed by atoms with Crippen LogP contribution in [0.4, 0.5) is 0 Å². The Morgan fingerprint density at radius 2 is 1.58 bits per heavy atom. The lowest BCUT2D eigenvalue weighted by Gasteiger charge is -2.30. The highest BCUT2D eigenvalue weighted by molar-refractivity contribution is 5.93. The summed E-state index contributed by atoms with van der Waals surface area (Å²) in [7, 11) is 0. The number of aldehydes is 1. The first kappa shape index (κ1) is 17.9. The van der Waals surface area contributed by atoms with Crippen molar-refractivity contribution >= 4 is 18.2 Å². The third kappa shape index (κ3) is 4.17. The number of likely N-dealkylation sites (tertiary alicyclic amines) is 1. The molecule has 0 spiro atoms. The molecule has 134 valence electrons. The van der Waals surface area contributed by atoms with Gasteiger partial charge in [-0.3, -0.25) is 9.59 Å². The van der Waals surface area contributed by atoms with E-state index < -0.39 is 12.1 Å². The second kappa shape index (κ2) is 8.43. The zero-order valence-electron chi connectivity index (χ0n) is 14.5. The van der Waals surface area contributed by atoms with E-state index in [0.29, 0.717) is 36.1 Å². The van der Waals surface area contributed by atoms with Crippen molar-refractivity contribution in [1.82, 2.24) is 4.90 Å². The van der Waals surface area contributed by atoms with Gasteiger partial charge >= 0.3 is 5.97 Å². The second-order valence-corrected chi connectivity index (χ2v) is 6.32. The maximum atomic E-state index is 13.0. The van der Waals surface area contributed by atoms with Gasteiger partial charge in [-0.1, -0.05) is 42.5 Å². The van der Waals surface area contributed by atoms with Gasteiger partial charge in [-0.25, -0.2) is 4.79 Å². The van der Waals surface area contributed by atoms with E-state index in [1.54, 1.807) is 29.2 Å². The SMILES string of the molecule is O=Cc1ccc(C(=O)O[C@@H](C(=O)N2CCCCC2)c2ccccc2)cc1. The molecule has 0 bridgehead atoms. The molecule has 26 heavy (non-hydrogen) atoms. The molecule has 1 saturated heterocycles. The third-order valence-electron chi connectivity index (χ3n) is 4.50. The van der Waals surface area contributed by atoms with Crippen molar-refractivity contribution in [2.45, 2.75) is 25.4 Å². The van der Waals surface area contributed by atoms with E-state index in [1.165, 1.54) is 12.1 Å². The summed E-state index contributed by atoms with van der Waals surface area (Å²) in [5.41, 5.74) is 1.44. The van der Waals surface area contributed by atoms with Crippen molar-refractivity contribution in [2.75, 3.05) is 13.1 Å². The average Bonchev–Trinajstić information content (AvgIpc) is 2.72. The molecule has 0 N–H and O–H groups in total. The van der Waals surface area contributed by atoms with Gasteiger partial charge in [0, 0.05) is 24.2 Å². The standard InChI is InChI=1S/C21H21NO4/c23-15-16-9-11-18(12-10-16)21(25)26-19(17-7-3-1-4-8-17)20(24)22-13-5-2-6-14-22/h1,3-4,7-12,15,19H,2,5-6,13-14H2/t19-/m1/s1. The van der Waals surface area contributed by atoms with E-state index in [9.17, 15) is 14.4 Å². The number of carbonyl (C=O) groups is 3. The Labute approximate surface area is 152 Å². The zero-order valence-corrected chi connectivity index (χ0v) is 14.5. The van der Waals surface area contributed by atoms with Gasteiger partial charge in [-0.2, -0.15) is 0 Å². The largest absolute Gasteiger partial charge is 0.444 e. The Kier molecular flexibility index (Phi) is 5.79. The van der Waals surface area contributed by atoms with Crippen LogP contribution in [0.3, 0.4) is 0 Å². The molecule has 5 nitrogen and oxygen atoms in total. The van der Waals surface area contributed by atoms with Crippen molar-refractivity contribution in [3.05, 3.63) is 71.3 Å². The summed E-state index contributed by atoms with van der Waals surface area (Å²) in [4.78, 5) is 38.0. The van der Waals surface area contributed by atoms with Gasteiger partial charge in [0.25, 0.3) is 5.91 Å². The van der Waals surface area contributed by atoms with E-state index in [0.717, 1.165) is 19.3 Å². The summed E-state index contributed by atoms with van der Waals surface area (Å²) in [5, 5.41) is 0. The van der Waals surface area contributed by atoms with Crippen LogP contribution in [-0.2, 0) is 9.53 Å². The maximum absolute atomic E-state index is 13.0. The van der Waals surface area contributed by atoms with E-state index in [4.69, 9.17) is 4.74 Å². The lowest BCUT2D eigenvalue weighted by atomic mass is 10.1. The number of piperidine rings is 1. The zero-order chi connectivity index (χ0) is 18.4. The smallest absolute Gasteiger partial charge is 0.339 e. The molecule has 0 unspecified atom stereocenters. The second-order valence-electron chi connectivity index (χ2n) is 6.32. The number of ether oxygens (including phenoxy) is 1. The highest BCUT2D eigenvalue weighted by atomic mass is 16.5. The molecule has 1 heterocycles. The molecule has 1 atom stereocenters. The first-order chi connectivity index (χ1) is 12.7. The highest BCUT2D eigenvalue weighted by Crippen LogP contribution is 2.24. The minimum absolute atomic E-state index is 0.186. The predicted octanol–water partition coefficient (Wildman–Crippen LogP) is 3.41. The van der Waals surface area contributed by atoms with Crippen LogP contribution in [0.15, 0.2) is 54.6 Å². The molecule has 2 aromatic carbocycles. The number of amides is 1. The molecule has 1 aliphatic rings. The average molecular weight is 351 g/mol. The van der Waals surface area contributed by atoms with Crippen LogP contribution in [-0.4, -0.2) is 36.2 Å². The van der Waals surface area contributed by atoms with Gasteiger partial charge < -0.3 is 9.64 Å². The predicted molar refractivity (Wildman–Crippen MR) is 96.9 cm³/mol. The minimum atomic E-state index is -0.965. The van der Waals surface area contributed by atoms with Crippen LogP contribution < -0.4 is 0 Å². The molecule has 1 aliphatic heterocycles. The molecular formula is C21H21NO4. The van der Waals surface area contributed by atoms with E-state index in [1.807, 2.05) is 18.2 Å². The van der Waals surface area contributed by atoms with Gasteiger partial charge in [0.05, 0.1) is 5.56 Å². The van der Waals surface area contributed by atoms with Gasteiger partial charge in [0.15, 0.2) is 0 Å². The number of benzene rings is 2. The first-order valence-electron chi connectivity index (χ1n) is 8.79. The molecule has 2 aromatic rings. The quantitative estimate of drug-likeness (QED) is 0.612. The van der Waals surface area contributed by atoms with Crippen LogP contribution in [0.25, 0.3) is 0 Å². The van der Waals surface area contributed by atoms with E-state index in [2.05, 4.69) is 0 Å². The van der Waals surface area contributed by atoms with Crippen molar-refractivity contribution in [3.63, 3.8) is 0 Å².